The second-order valence-corrected chi connectivity index (χ2v) is 10.5. The average molecular weight is 561 g/mol. The van der Waals surface area contributed by atoms with Crippen LogP contribution in [0, 0.1) is 0 Å². The predicted octanol–water partition coefficient (Wildman–Crippen LogP) is 4.79. The minimum absolute atomic E-state index is 0.214. The molecule has 0 spiro atoms. The van der Waals surface area contributed by atoms with Crippen LogP contribution < -0.4 is 24.4 Å². The number of hydrogen-bond acceptors (Lipinski definition) is 8. The molecule has 200 valence electrons. The monoisotopic (exact) mass is 560 g/mol. The second kappa shape index (κ2) is 11.8. The normalized spacial score (nSPS) is 15.1. The topological polar surface area (TPSA) is 79.1 Å². The first kappa shape index (κ1) is 26.6. The molecule has 7 nitrogen and oxygen atoms in total. The van der Waals surface area contributed by atoms with Crippen LogP contribution in [0.1, 0.15) is 42.8 Å². The molecule has 1 aliphatic heterocycles. The van der Waals surface area contributed by atoms with Crippen molar-refractivity contribution in [2.24, 2.45) is 4.99 Å². The van der Waals surface area contributed by atoms with E-state index in [0.29, 0.717) is 45.3 Å². The smallest absolute Gasteiger partial charge is 0.338 e. The third-order valence-electron chi connectivity index (χ3n) is 6.05. The largest absolute Gasteiger partial charge is 0.490 e. The Morgan fingerprint density at radius 3 is 2.44 bits per heavy atom. The number of rotatable bonds is 9. The Labute approximate surface area is 234 Å². The summed E-state index contributed by atoms with van der Waals surface area (Å²) in [5, 5.41) is 1.94. The second-order valence-electron chi connectivity index (χ2n) is 8.52. The van der Waals surface area contributed by atoms with E-state index in [1.807, 2.05) is 86.0 Å². The lowest BCUT2D eigenvalue weighted by Crippen LogP contribution is -2.39. The molecule has 0 N–H and O–H groups in total. The van der Waals surface area contributed by atoms with Gasteiger partial charge in [-0.15, -0.1) is 11.3 Å². The number of carbonyl (C=O) groups is 1. The molecule has 0 unspecified atom stereocenters. The van der Waals surface area contributed by atoms with Gasteiger partial charge in [0.25, 0.3) is 5.56 Å². The van der Waals surface area contributed by atoms with Gasteiger partial charge in [-0.1, -0.05) is 53.8 Å². The minimum atomic E-state index is -0.656. The maximum atomic E-state index is 13.9. The molecule has 0 aliphatic carbocycles. The highest BCUT2D eigenvalue weighted by Crippen LogP contribution is 2.37. The fraction of sp³-hybridized carbons (Fsp3) is 0.233. The molecular formula is C30H28N2O5S2. The van der Waals surface area contributed by atoms with E-state index in [2.05, 4.69) is 0 Å². The highest BCUT2D eigenvalue weighted by atomic mass is 32.1. The van der Waals surface area contributed by atoms with Gasteiger partial charge in [-0.25, -0.2) is 9.79 Å². The van der Waals surface area contributed by atoms with Crippen molar-refractivity contribution >= 4 is 40.4 Å². The Hall–Kier alpha value is -3.95. The molecule has 0 amide bonds. The third-order valence-corrected chi connectivity index (χ3v) is 7.96. The molecule has 4 aromatic rings. The van der Waals surface area contributed by atoms with Crippen molar-refractivity contribution in [2.45, 2.75) is 26.8 Å². The van der Waals surface area contributed by atoms with Crippen LogP contribution in [0.15, 0.2) is 81.4 Å². The molecule has 39 heavy (non-hydrogen) atoms. The fourth-order valence-electron chi connectivity index (χ4n) is 4.47. The Balaban J connectivity index is 1.74. The van der Waals surface area contributed by atoms with Crippen molar-refractivity contribution in [1.82, 2.24) is 4.57 Å². The molecule has 9 heteroatoms. The van der Waals surface area contributed by atoms with Crippen LogP contribution in [0.2, 0.25) is 0 Å². The first-order valence-electron chi connectivity index (χ1n) is 12.8. The summed E-state index contributed by atoms with van der Waals surface area (Å²) >= 11 is 2.78. The standard InChI is InChI=1S/C30H28N2O5S2/c1-4-35-21-15-14-19(17-22(21)36-5-2)18-24-28(33)32-27(23-13-10-16-38-23)25(29(34)37-6-3)26(31-30(32)39-24)20-11-8-7-9-12-20/h7-18,27H,4-6H2,1-3H3/b24-18-/t27-/m1/s1. The van der Waals surface area contributed by atoms with E-state index in [1.165, 1.54) is 22.7 Å². The van der Waals surface area contributed by atoms with Crippen molar-refractivity contribution in [1.29, 1.82) is 0 Å². The Kier molecular flexibility index (Phi) is 8.09. The zero-order valence-electron chi connectivity index (χ0n) is 21.9. The molecule has 0 radical (unpaired) electrons. The van der Waals surface area contributed by atoms with Gasteiger partial charge in [0, 0.05) is 10.4 Å². The van der Waals surface area contributed by atoms with Gasteiger partial charge in [0.2, 0.25) is 0 Å². The zero-order chi connectivity index (χ0) is 27.4. The Morgan fingerprint density at radius 2 is 1.74 bits per heavy atom. The molecule has 0 saturated carbocycles. The molecule has 3 heterocycles. The molecule has 0 saturated heterocycles. The summed E-state index contributed by atoms with van der Waals surface area (Å²) in [5.41, 5.74) is 2.22. The number of thiazole rings is 1. The predicted molar refractivity (Wildman–Crippen MR) is 154 cm³/mol. The summed E-state index contributed by atoms with van der Waals surface area (Å²) < 4.78 is 19.1. The molecule has 0 fully saturated rings. The fourth-order valence-corrected chi connectivity index (χ4v) is 6.29. The van der Waals surface area contributed by atoms with Crippen LogP contribution in [0.3, 0.4) is 0 Å². The summed E-state index contributed by atoms with van der Waals surface area (Å²) in [6.07, 6.45) is 1.82. The van der Waals surface area contributed by atoms with E-state index in [4.69, 9.17) is 19.2 Å². The van der Waals surface area contributed by atoms with Crippen LogP contribution in [-0.2, 0) is 9.53 Å². The lowest BCUT2D eigenvalue weighted by molar-refractivity contribution is -0.138. The van der Waals surface area contributed by atoms with Gasteiger partial charge in [-0.05, 0) is 56.0 Å². The van der Waals surface area contributed by atoms with Gasteiger partial charge >= 0.3 is 5.97 Å². The number of aromatic nitrogens is 1. The summed E-state index contributed by atoms with van der Waals surface area (Å²) in [4.78, 5) is 33.6. The SMILES string of the molecule is CCOC(=O)C1=C(c2ccccc2)N=c2s/c(=C\c3ccc(OCC)c(OCC)c3)c(=O)n2[C@@H]1c1cccs1. The van der Waals surface area contributed by atoms with Crippen LogP contribution in [-0.4, -0.2) is 30.4 Å². The van der Waals surface area contributed by atoms with Crippen LogP contribution in [0.25, 0.3) is 11.8 Å². The minimum Gasteiger partial charge on any atom is -0.490 e. The number of benzene rings is 2. The van der Waals surface area contributed by atoms with Crippen molar-refractivity contribution < 1.29 is 19.0 Å². The highest BCUT2D eigenvalue weighted by molar-refractivity contribution is 7.10. The number of thiophene rings is 1. The van der Waals surface area contributed by atoms with E-state index in [9.17, 15) is 9.59 Å². The van der Waals surface area contributed by atoms with Gasteiger partial charge < -0.3 is 14.2 Å². The Bertz CT molecular complexity index is 1690. The molecule has 2 aromatic carbocycles. The summed E-state index contributed by atoms with van der Waals surface area (Å²) in [6.45, 7) is 6.83. The van der Waals surface area contributed by atoms with E-state index in [0.717, 1.165) is 16.0 Å². The van der Waals surface area contributed by atoms with Gasteiger partial charge in [-0.2, -0.15) is 0 Å². The van der Waals surface area contributed by atoms with Crippen molar-refractivity contribution in [2.75, 3.05) is 19.8 Å². The van der Waals surface area contributed by atoms with Gasteiger partial charge in [0.05, 0.1) is 35.6 Å². The summed E-state index contributed by atoms with van der Waals surface area (Å²) in [7, 11) is 0. The van der Waals surface area contributed by atoms with Gasteiger partial charge in [-0.3, -0.25) is 9.36 Å². The lowest BCUT2D eigenvalue weighted by atomic mass is 9.97. The van der Waals surface area contributed by atoms with Crippen LogP contribution in [0.5, 0.6) is 11.5 Å². The van der Waals surface area contributed by atoms with Crippen molar-refractivity contribution in [3.05, 3.63) is 107 Å². The zero-order valence-corrected chi connectivity index (χ0v) is 23.5. The quantitative estimate of drug-likeness (QED) is 0.275. The maximum absolute atomic E-state index is 13.9. The number of esters is 1. The lowest BCUT2D eigenvalue weighted by Gasteiger charge is -2.24. The van der Waals surface area contributed by atoms with E-state index >= 15 is 0 Å². The van der Waals surface area contributed by atoms with E-state index < -0.39 is 12.0 Å². The molecular weight excluding hydrogens is 532 g/mol. The number of nitrogens with zero attached hydrogens (tertiary/aromatic N) is 2. The van der Waals surface area contributed by atoms with E-state index in [1.54, 1.807) is 11.5 Å². The number of ether oxygens (including phenoxy) is 3. The molecule has 0 bridgehead atoms. The summed E-state index contributed by atoms with van der Waals surface area (Å²) in [6, 6.07) is 18.3. The molecule has 1 aliphatic rings. The number of fused-ring (bicyclic) bond motifs is 1. The average Bonchev–Trinajstić information content (AvgIpc) is 3.58. The molecule has 5 rings (SSSR count). The number of hydrogen-bond donors (Lipinski definition) is 0. The summed E-state index contributed by atoms with van der Waals surface area (Å²) in [5.74, 6) is 0.788. The first-order valence-corrected chi connectivity index (χ1v) is 14.5. The Morgan fingerprint density at radius 1 is 0.974 bits per heavy atom. The van der Waals surface area contributed by atoms with Crippen molar-refractivity contribution in [3.8, 4) is 11.5 Å². The van der Waals surface area contributed by atoms with Crippen LogP contribution in [0.4, 0.5) is 0 Å². The third kappa shape index (κ3) is 5.32. The van der Waals surface area contributed by atoms with Crippen molar-refractivity contribution in [3.63, 3.8) is 0 Å². The van der Waals surface area contributed by atoms with Gasteiger partial charge in [0.15, 0.2) is 16.3 Å². The highest BCUT2D eigenvalue weighted by Gasteiger charge is 2.35. The first-order chi connectivity index (χ1) is 19.0. The van der Waals surface area contributed by atoms with E-state index in [-0.39, 0.29) is 12.2 Å². The van der Waals surface area contributed by atoms with Gasteiger partial charge in [0.1, 0.15) is 6.04 Å². The molecule has 2 aromatic heterocycles. The van der Waals surface area contributed by atoms with Crippen LogP contribution >= 0.6 is 22.7 Å². The maximum Gasteiger partial charge on any atom is 0.338 e. The number of carbonyl (C=O) groups excluding carboxylic acids is 1. The molecule has 1 atom stereocenters.